The minimum Gasteiger partial charge on any atom is -0.396 e. The highest BCUT2D eigenvalue weighted by Gasteiger charge is 2.23. The van der Waals surface area contributed by atoms with Gasteiger partial charge in [0.15, 0.2) is 0 Å². The zero-order valence-corrected chi connectivity index (χ0v) is 11.4. The monoisotopic (exact) mass is 262 g/mol. The van der Waals surface area contributed by atoms with E-state index < -0.39 is 0 Å². The van der Waals surface area contributed by atoms with E-state index in [2.05, 4.69) is 22.8 Å². The zero-order valence-electron chi connectivity index (χ0n) is 11.4. The van der Waals surface area contributed by atoms with Crippen LogP contribution in [-0.4, -0.2) is 30.2 Å². The lowest BCUT2D eigenvalue weighted by Crippen LogP contribution is -2.48. The molecular formula is C15H22N2O2. The zero-order chi connectivity index (χ0) is 13.7. The maximum absolute atomic E-state index is 12.1. The molecule has 4 nitrogen and oxygen atoms in total. The van der Waals surface area contributed by atoms with Gasteiger partial charge in [-0.2, -0.15) is 0 Å². The molecule has 1 aliphatic rings. The molecule has 1 amide bonds. The van der Waals surface area contributed by atoms with Crippen molar-refractivity contribution >= 4 is 5.91 Å². The van der Waals surface area contributed by atoms with Crippen molar-refractivity contribution in [2.24, 2.45) is 5.92 Å². The number of benzene rings is 1. The molecule has 2 rings (SSSR count). The number of carbonyl (C=O) groups excluding carboxylic acids is 1. The van der Waals surface area contributed by atoms with Crippen molar-refractivity contribution in [1.29, 1.82) is 0 Å². The Morgan fingerprint density at radius 2 is 2.21 bits per heavy atom. The average molecular weight is 262 g/mol. The van der Waals surface area contributed by atoms with Gasteiger partial charge in [0, 0.05) is 19.7 Å². The van der Waals surface area contributed by atoms with Crippen LogP contribution in [0.25, 0.3) is 0 Å². The minimum absolute atomic E-state index is 0.0549. The fourth-order valence-corrected chi connectivity index (χ4v) is 2.36. The first-order valence-corrected chi connectivity index (χ1v) is 6.89. The largest absolute Gasteiger partial charge is 0.396 e. The van der Waals surface area contributed by atoms with E-state index in [1.165, 1.54) is 11.1 Å². The van der Waals surface area contributed by atoms with E-state index in [-0.39, 0.29) is 18.6 Å². The van der Waals surface area contributed by atoms with Crippen molar-refractivity contribution in [2.45, 2.75) is 32.4 Å². The third-order valence-corrected chi connectivity index (χ3v) is 3.64. The number of amides is 1. The third kappa shape index (κ3) is 3.78. The number of aliphatic hydroxyl groups is 1. The highest BCUT2D eigenvalue weighted by Crippen LogP contribution is 2.16. The smallest absolute Gasteiger partial charge is 0.237 e. The Hall–Kier alpha value is -1.39. The summed E-state index contributed by atoms with van der Waals surface area (Å²) in [6.07, 6.45) is 1.47. The van der Waals surface area contributed by atoms with Gasteiger partial charge in [-0.05, 0) is 29.9 Å². The van der Waals surface area contributed by atoms with Crippen LogP contribution in [0.3, 0.4) is 0 Å². The number of carbonyl (C=O) groups is 1. The predicted molar refractivity (Wildman–Crippen MR) is 74.7 cm³/mol. The summed E-state index contributed by atoms with van der Waals surface area (Å²) < 4.78 is 0. The topological polar surface area (TPSA) is 61.4 Å². The van der Waals surface area contributed by atoms with E-state index in [1.54, 1.807) is 0 Å². The van der Waals surface area contributed by atoms with Crippen LogP contribution in [0.5, 0.6) is 0 Å². The van der Waals surface area contributed by atoms with Crippen LogP contribution in [-0.2, 0) is 17.8 Å². The number of rotatable bonds is 5. The van der Waals surface area contributed by atoms with E-state index in [4.69, 9.17) is 5.11 Å². The second-order valence-electron chi connectivity index (χ2n) is 5.27. The Balaban J connectivity index is 1.85. The molecule has 1 aromatic rings. The minimum atomic E-state index is -0.142. The van der Waals surface area contributed by atoms with E-state index in [0.717, 1.165) is 19.4 Å². The van der Waals surface area contributed by atoms with Crippen LogP contribution in [0.15, 0.2) is 24.3 Å². The van der Waals surface area contributed by atoms with Crippen LogP contribution in [0.2, 0.25) is 0 Å². The highest BCUT2D eigenvalue weighted by molar-refractivity contribution is 5.82. The summed E-state index contributed by atoms with van der Waals surface area (Å²) in [5.41, 5.74) is 2.53. The summed E-state index contributed by atoms with van der Waals surface area (Å²) in [6.45, 7) is 3.58. The quantitative estimate of drug-likeness (QED) is 0.737. The molecule has 1 unspecified atom stereocenters. The number of aliphatic hydroxyl groups excluding tert-OH is 1. The Bertz CT molecular complexity index is 434. The molecule has 2 atom stereocenters. The molecule has 4 heteroatoms. The standard InChI is InChI=1S/C15H22N2O2/c1-11(6-7-18)9-17-15(19)14-8-12-4-2-3-5-13(12)10-16-14/h2-5,11,14,16,18H,6-10H2,1H3,(H,17,19)/t11?,14-/m0/s1. The predicted octanol–water partition coefficient (Wildman–Crippen LogP) is 0.836. The maximum Gasteiger partial charge on any atom is 0.237 e. The van der Waals surface area contributed by atoms with Gasteiger partial charge in [0.25, 0.3) is 0 Å². The van der Waals surface area contributed by atoms with E-state index in [0.29, 0.717) is 12.5 Å². The Labute approximate surface area is 114 Å². The summed E-state index contributed by atoms with van der Waals surface area (Å²) in [4.78, 5) is 12.1. The van der Waals surface area contributed by atoms with Gasteiger partial charge in [0.1, 0.15) is 0 Å². The lowest BCUT2D eigenvalue weighted by Gasteiger charge is -2.25. The number of hydrogen-bond donors (Lipinski definition) is 3. The van der Waals surface area contributed by atoms with Gasteiger partial charge in [0.05, 0.1) is 6.04 Å². The molecule has 3 N–H and O–H groups in total. The number of nitrogens with one attached hydrogen (secondary N) is 2. The molecule has 1 aliphatic heterocycles. The maximum atomic E-state index is 12.1. The van der Waals surface area contributed by atoms with Gasteiger partial charge in [-0.25, -0.2) is 0 Å². The molecule has 0 fully saturated rings. The van der Waals surface area contributed by atoms with Crippen molar-refractivity contribution in [3.63, 3.8) is 0 Å². The van der Waals surface area contributed by atoms with Gasteiger partial charge in [0.2, 0.25) is 5.91 Å². The van der Waals surface area contributed by atoms with Crippen LogP contribution in [0.4, 0.5) is 0 Å². The van der Waals surface area contributed by atoms with Gasteiger partial charge >= 0.3 is 0 Å². The summed E-state index contributed by atoms with van der Waals surface area (Å²) >= 11 is 0. The SMILES string of the molecule is CC(CCO)CNC(=O)[C@@H]1Cc2ccccc2CN1. The van der Waals surface area contributed by atoms with Gasteiger partial charge in [-0.1, -0.05) is 31.2 Å². The average Bonchev–Trinajstić information content (AvgIpc) is 2.44. The molecule has 104 valence electrons. The molecule has 0 spiro atoms. The molecule has 1 heterocycles. The Morgan fingerprint density at radius 3 is 2.95 bits per heavy atom. The first kappa shape index (κ1) is 14.0. The second-order valence-corrected chi connectivity index (χ2v) is 5.27. The molecule has 0 saturated heterocycles. The molecule has 0 aliphatic carbocycles. The second kappa shape index (κ2) is 6.68. The number of hydrogen-bond acceptors (Lipinski definition) is 3. The highest BCUT2D eigenvalue weighted by atomic mass is 16.3. The van der Waals surface area contributed by atoms with Crippen LogP contribution in [0, 0.1) is 5.92 Å². The van der Waals surface area contributed by atoms with Crippen molar-refractivity contribution in [2.75, 3.05) is 13.2 Å². The lowest BCUT2D eigenvalue weighted by atomic mass is 9.95. The van der Waals surface area contributed by atoms with E-state index in [1.807, 2.05) is 19.1 Å². The molecule has 1 aromatic carbocycles. The molecular weight excluding hydrogens is 240 g/mol. The fraction of sp³-hybridized carbons (Fsp3) is 0.533. The summed E-state index contributed by atoms with van der Waals surface area (Å²) in [6, 6.07) is 8.08. The molecule has 0 aromatic heterocycles. The van der Waals surface area contributed by atoms with Crippen molar-refractivity contribution in [3.8, 4) is 0 Å². The van der Waals surface area contributed by atoms with E-state index in [9.17, 15) is 4.79 Å². The Morgan fingerprint density at radius 1 is 1.47 bits per heavy atom. The molecule has 19 heavy (non-hydrogen) atoms. The van der Waals surface area contributed by atoms with Gasteiger partial charge in [-0.3, -0.25) is 4.79 Å². The van der Waals surface area contributed by atoms with Crippen molar-refractivity contribution in [3.05, 3.63) is 35.4 Å². The first-order chi connectivity index (χ1) is 9.20. The molecule has 0 bridgehead atoms. The van der Waals surface area contributed by atoms with Crippen LogP contribution >= 0.6 is 0 Å². The third-order valence-electron chi connectivity index (χ3n) is 3.64. The summed E-state index contributed by atoms with van der Waals surface area (Å²) in [5.74, 6) is 0.365. The fourth-order valence-electron chi connectivity index (χ4n) is 2.36. The molecule has 0 saturated carbocycles. The van der Waals surface area contributed by atoms with Gasteiger partial charge in [-0.15, -0.1) is 0 Å². The molecule has 0 radical (unpaired) electrons. The Kier molecular flexibility index (Phi) is 4.93. The summed E-state index contributed by atoms with van der Waals surface area (Å²) in [5, 5.41) is 15.1. The summed E-state index contributed by atoms with van der Waals surface area (Å²) in [7, 11) is 0. The normalized spacial score (nSPS) is 19.6. The van der Waals surface area contributed by atoms with E-state index >= 15 is 0 Å². The van der Waals surface area contributed by atoms with Crippen molar-refractivity contribution < 1.29 is 9.90 Å². The van der Waals surface area contributed by atoms with Crippen molar-refractivity contribution in [1.82, 2.24) is 10.6 Å². The first-order valence-electron chi connectivity index (χ1n) is 6.89. The van der Waals surface area contributed by atoms with Crippen LogP contribution < -0.4 is 10.6 Å². The van der Waals surface area contributed by atoms with Crippen LogP contribution in [0.1, 0.15) is 24.5 Å². The number of fused-ring (bicyclic) bond motifs is 1. The lowest BCUT2D eigenvalue weighted by molar-refractivity contribution is -0.123. The van der Waals surface area contributed by atoms with Gasteiger partial charge < -0.3 is 15.7 Å².